The van der Waals surface area contributed by atoms with Crippen molar-refractivity contribution in [3.05, 3.63) is 65.5 Å². The van der Waals surface area contributed by atoms with Gasteiger partial charge in [-0.15, -0.1) is 0 Å². The highest BCUT2D eigenvalue weighted by atomic mass is 14.9. The molecule has 2 rings (SSSR count). The second-order valence-corrected chi connectivity index (χ2v) is 5.56. The number of hydrogen-bond acceptors (Lipinski definition) is 2. The monoisotopic (exact) mass is 282 g/mol. The predicted octanol–water partition coefficient (Wildman–Crippen LogP) is 4.45. The lowest BCUT2D eigenvalue weighted by atomic mass is 9.98. The quantitative estimate of drug-likeness (QED) is 0.773. The van der Waals surface area contributed by atoms with Gasteiger partial charge in [0.05, 0.1) is 0 Å². The van der Waals surface area contributed by atoms with Gasteiger partial charge in [-0.1, -0.05) is 43.3 Å². The molecule has 2 nitrogen and oxygen atoms in total. The van der Waals surface area contributed by atoms with E-state index in [0.717, 1.165) is 31.5 Å². The summed E-state index contributed by atoms with van der Waals surface area (Å²) < 4.78 is 0. The SMILES string of the molecule is CCCNC(CCCc1ccccc1)c1cccnc1C. The minimum atomic E-state index is 0.419. The average Bonchev–Trinajstić information content (AvgIpc) is 2.52. The molecule has 0 fully saturated rings. The molecule has 0 saturated carbocycles. The Bertz CT molecular complexity index is 522. The molecule has 1 aromatic heterocycles. The van der Waals surface area contributed by atoms with Gasteiger partial charge in [-0.05, 0) is 56.3 Å². The van der Waals surface area contributed by atoms with Gasteiger partial charge in [0.15, 0.2) is 0 Å². The maximum absolute atomic E-state index is 4.43. The van der Waals surface area contributed by atoms with E-state index in [4.69, 9.17) is 0 Å². The molecule has 112 valence electrons. The topological polar surface area (TPSA) is 24.9 Å². The Morgan fingerprint density at radius 3 is 2.62 bits per heavy atom. The third kappa shape index (κ3) is 4.98. The first-order chi connectivity index (χ1) is 10.3. The second kappa shape index (κ2) is 8.58. The molecule has 0 aliphatic rings. The molecule has 1 aromatic carbocycles. The highest BCUT2D eigenvalue weighted by molar-refractivity contribution is 5.22. The number of benzene rings is 1. The molecular formula is C19H26N2. The summed E-state index contributed by atoms with van der Waals surface area (Å²) in [5.74, 6) is 0. The zero-order valence-corrected chi connectivity index (χ0v) is 13.2. The molecule has 0 radical (unpaired) electrons. The lowest BCUT2D eigenvalue weighted by Crippen LogP contribution is -2.23. The van der Waals surface area contributed by atoms with Crippen LogP contribution in [0, 0.1) is 6.92 Å². The van der Waals surface area contributed by atoms with Crippen molar-refractivity contribution < 1.29 is 0 Å². The minimum Gasteiger partial charge on any atom is -0.310 e. The van der Waals surface area contributed by atoms with Gasteiger partial charge in [-0.2, -0.15) is 0 Å². The lowest BCUT2D eigenvalue weighted by Gasteiger charge is -2.20. The van der Waals surface area contributed by atoms with Crippen LogP contribution in [0.4, 0.5) is 0 Å². The molecule has 0 aliphatic carbocycles. The number of aryl methyl sites for hydroxylation is 2. The minimum absolute atomic E-state index is 0.419. The average molecular weight is 282 g/mol. The molecular weight excluding hydrogens is 256 g/mol. The van der Waals surface area contributed by atoms with Crippen LogP contribution in [0.15, 0.2) is 48.7 Å². The van der Waals surface area contributed by atoms with E-state index >= 15 is 0 Å². The van der Waals surface area contributed by atoms with E-state index in [1.165, 1.54) is 17.5 Å². The smallest absolute Gasteiger partial charge is 0.0420 e. The van der Waals surface area contributed by atoms with E-state index in [0.29, 0.717) is 6.04 Å². The van der Waals surface area contributed by atoms with Gasteiger partial charge in [0.2, 0.25) is 0 Å². The van der Waals surface area contributed by atoms with E-state index in [2.05, 4.69) is 60.5 Å². The molecule has 0 amide bonds. The molecule has 21 heavy (non-hydrogen) atoms. The maximum Gasteiger partial charge on any atom is 0.0420 e. The fourth-order valence-electron chi connectivity index (χ4n) is 2.71. The summed E-state index contributed by atoms with van der Waals surface area (Å²) in [5, 5.41) is 3.67. The summed E-state index contributed by atoms with van der Waals surface area (Å²) in [6.07, 6.45) is 6.53. The maximum atomic E-state index is 4.43. The van der Waals surface area contributed by atoms with Crippen LogP contribution < -0.4 is 5.32 Å². The Morgan fingerprint density at radius 1 is 1.10 bits per heavy atom. The number of aromatic nitrogens is 1. The van der Waals surface area contributed by atoms with E-state index in [9.17, 15) is 0 Å². The molecule has 0 aliphatic heterocycles. The highest BCUT2D eigenvalue weighted by Gasteiger charge is 2.13. The molecule has 1 heterocycles. The number of pyridine rings is 1. The van der Waals surface area contributed by atoms with Gasteiger partial charge >= 0.3 is 0 Å². The van der Waals surface area contributed by atoms with Gasteiger partial charge in [0.1, 0.15) is 0 Å². The molecule has 2 aromatic rings. The zero-order chi connectivity index (χ0) is 14.9. The highest BCUT2D eigenvalue weighted by Crippen LogP contribution is 2.21. The van der Waals surface area contributed by atoms with Crippen molar-refractivity contribution in [2.45, 2.75) is 45.6 Å². The number of hydrogen-bond donors (Lipinski definition) is 1. The Labute approximate surface area is 128 Å². The largest absolute Gasteiger partial charge is 0.310 e. The van der Waals surface area contributed by atoms with E-state index in [1.54, 1.807) is 0 Å². The third-order valence-electron chi connectivity index (χ3n) is 3.87. The van der Waals surface area contributed by atoms with Crippen LogP contribution in [0.3, 0.4) is 0 Å². The van der Waals surface area contributed by atoms with Crippen molar-refractivity contribution in [2.75, 3.05) is 6.54 Å². The van der Waals surface area contributed by atoms with Gasteiger partial charge in [-0.25, -0.2) is 0 Å². The first-order valence-electron chi connectivity index (χ1n) is 8.00. The summed E-state index contributed by atoms with van der Waals surface area (Å²) in [4.78, 5) is 4.43. The first kappa shape index (κ1) is 15.7. The van der Waals surface area contributed by atoms with Crippen LogP contribution in [0.5, 0.6) is 0 Å². The molecule has 1 unspecified atom stereocenters. The van der Waals surface area contributed by atoms with Crippen molar-refractivity contribution in [1.82, 2.24) is 10.3 Å². The van der Waals surface area contributed by atoms with Crippen molar-refractivity contribution in [1.29, 1.82) is 0 Å². The van der Waals surface area contributed by atoms with Crippen LogP contribution >= 0.6 is 0 Å². The summed E-state index contributed by atoms with van der Waals surface area (Å²) in [6.45, 7) is 5.38. The number of nitrogens with zero attached hydrogens (tertiary/aromatic N) is 1. The molecule has 2 heteroatoms. The third-order valence-corrected chi connectivity index (χ3v) is 3.87. The lowest BCUT2D eigenvalue weighted by molar-refractivity contribution is 0.481. The van der Waals surface area contributed by atoms with Crippen molar-refractivity contribution in [3.8, 4) is 0 Å². The number of nitrogens with one attached hydrogen (secondary N) is 1. The second-order valence-electron chi connectivity index (χ2n) is 5.56. The summed E-state index contributed by atoms with van der Waals surface area (Å²) in [7, 11) is 0. The van der Waals surface area contributed by atoms with Crippen LogP contribution in [-0.4, -0.2) is 11.5 Å². The van der Waals surface area contributed by atoms with Gasteiger partial charge in [0.25, 0.3) is 0 Å². The fourth-order valence-corrected chi connectivity index (χ4v) is 2.71. The Hall–Kier alpha value is -1.67. The molecule has 1 atom stereocenters. The summed E-state index contributed by atoms with van der Waals surface area (Å²) in [6, 6.07) is 15.4. The summed E-state index contributed by atoms with van der Waals surface area (Å²) in [5.41, 5.74) is 3.92. The van der Waals surface area contributed by atoms with Crippen molar-refractivity contribution in [3.63, 3.8) is 0 Å². The molecule has 1 N–H and O–H groups in total. The fraction of sp³-hybridized carbons (Fsp3) is 0.421. The van der Waals surface area contributed by atoms with Gasteiger partial charge < -0.3 is 5.32 Å². The van der Waals surface area contributed by atoms with E-state index < -0.39 is 0 Å². The van der Waals surface area contributed by atoms with Crippen molar-refractivity contribution in [2.24, 2.45) is 0 Å². The molecule has 0 saturated heterocycles. The number of rotatable bonds is 8. The van der Waals surface area contributed by atoms with Crippen LogP contribution in [-0.2, 0) is 6.42 Å². The zero-order valence-electron chi connectivity index (χ0n) is 13.2. The first-order valence-corrected chi connectivity index (χ1v) is 8.00. The normalized spacial score (nSPS) is 12.3. The Morgan fingerprint density at radius 2 is 1.90 bits per heavy atom. The Balaban J connectivity index is 1.95. The van der Waals surface area contributed by atoms with E-state index in [-0.39, 0.29) is 0 Å². The standard InChI is InChI=1S/C19H26N2/c1-3-14-21-19(18-12-8-15-20-16(18)2)13-7-11-17-9-5-4-6-10-17/h4-6,8-10,12,15,19,21H,3,7,11,13-14H2,1-2H3. The van der Waals surface area contributed by atoms with Gasteiger partial charge in [0, 0.05) is 17.9 Å². The Kier molecular flexibility index (Phi) is 6.42. The van der Waals surface area contributed by atoms with Gasteiger partial charge in [-0.3, -0.25) is 4.98 Å². The van der Waals surface area contributed by atoms with Crippen molar-refractivity contribution >= 4 is 0 Å². The molecule has 0 spiro atoms. The summed E-state index contributed by atoms with van der Waals surface area (Å²) >= 11 is 0. The molecule has 0 bridgehead atoms. The van der Waals surface area contributed by atoms with Crippen LogP contribution in [0.2, 0.25) is 0 Å². The van der Waals surface area contributed by atoms with Crippen LogP contribution in [0.25, 0.3) is 0 Å². The van der Waals surface area contributed by atoms with Crippen LogP contribution in [0.1, 0.15) is 49.0 Å². The van der Waals surface area contributed by atoms with E-state index in [1.807, 2.05) is 12.3 Å². The predicted molar refractivity (Wildman–Crippen MR) is 89.4 cm³/mol.